The van der Waals surface area contributed by atoms with Gasteiger partial charge in [-0.3, -0.25) is 9.59 Å². The van der Waals surface area contributed by atoms with Crippen LogP contribution in [0.25, 0.3) is 5.69 Å². The van der Waals surface area contributed by atoms with Crippen LogP contribution < -0.4 is 10.1 Å². The van der Waals surface area contributed by atoms with Crippen LogP contribution in [-0.2, 0) is 9.53 Å². The molecule has 1 aromatic heterocycles. The van der Waals surface area contributed by atoms with Crippen molar-refractivity contribution in [2.45, 2.75) is 33.8 Å². The molecular formula is C25H27N3O5. The highest BCUT2D eigenvalue weighted by molar-refractivity contribution is 6.02. The molecule has 33 heavy (non-hydrogen) atoms. The van der Waals surface area contributed by atoms with Gasteiger partial charge in [-0.1, -0.05) is 39.0 Å². The van der Waals surface area contributed by atoms with Crippen LogP contribution in [0, 0.1) is 5.41 Å². The normalized spacial score (nSPS) is 12.0. The highest BCUT2D eigenvalue weighted by atomic mass is 16.5. The molecule has 1 amide bonds. The van der Waals surface area contributed by atoms with Crippen molar-refractivity contribution >= 4 is 23.3 Å². The van der Waals surface area contributed by atoms with Crippen molar-refractivity contribution in [1.82, 2.24) is 9.78 Å². The summed E-state index contributed by atoms with van der Waals surface area (Å²) in [4.78, 5) is 37.6. The number of hydrogen-bond donors (Lipinski definition) is 1. The Bertz CT molecular complexity index is 1150. The standard InChI is InChI=1S/C25H27N3O5/c1-16(22(29)17-11-13-18(14-12-17)26-24(31)25(2,3)4)33-23(30)21-20(32-5)15-28(27-21)19-9-7-6-8-10-19/h6-16H,1-5H3,(H,26,31). The summed E-state index contributed by atoms with van der Waals surface area (Å²) in [6, 6.07) is 15.7. The zero-order valence-corrected chi connectivity index (χ0v) is 19.3. The number of hydrogen-bond acceptors (Lipinski definition) is 6. The fourth-order valence-corrected chi connectivity index (χ4v) is 2.90. The van der Waals surface area contributed by atoms with E-state index in [4.69, 9.17) is 9.47 Å². The number of ketones is 1. The predicted molar refractivity (Wildman–Crippen MR) is 124 cm³/mol. The lowest BCUT2D eigenvalue weighted by Gasteiger charge is -2.18. The van der Waals surface area contributed by atoms with Crippen LogP contribution in [0.2, 0.25) is 0 Å². The van der Waals surface area contributed by atoms with Gasteiger partial charge in [-0.25, -0.2) is 9.48 Å². The first-order chi connectivity index (χ1) is 15.6. The minimum atomic E-state index is -1.04. The number of nitrogens with zero attached hydrogens (tertiary/aromatic N) is 2. The summed E-state index contributed by atoms with van der Waals surface area (Å²) in [5.41, 5.74) is 1.11. The van der Waals surface area contributed by atoms with E-state index in [1.54, 1.807) is 30.5 Å². The van der Waals surface area contributed by atoms with Crippen LogP contribution in [0.1, 0.15) is 48.5 Å². The number of rotatable bonds is 7. The molecule has 0 fully saturated rings. The van der Waals surface area contributed by atoms with Gasteiger partial charge in [0.2, 0.25) is 17.4 Å². The van der Waals surface area contributed by atoms with Crippen molar-refractivity contribution in [3.05, 3.63) is 72.1 Å². The maximum atomic E-state index is 12.8. The molecule has 0 radical (unpaired) electrons. The van der Waals surface area contributed by atoms with Crippen LogP contribution in [-0.4, -0.2) is 40.7 Å². The summed E-state index contributed by atoms with van der Waals surface area (Å²) in [5, 5.41) is 7.06. The zero-order valence-electron chi connectivity index (χ0n) is 19.3. The van der Waals surface area contributed by atoms with Gasteiger partial charge in [0.25, 0.3) is 0 Å². The number of nitrogens with one attached hydrogen (secondary N) is 1. The molecule has 2 aromatic carbocycles. The Morgan fingerprint density at radius 1 is 1.00 bits per heavy atom. The molecule has 1 unspecified atom stereocenters. The summed E-state index contributed by atoms with van der Waals surface area (Å²) >= 11 is 0. The third-order valence-electron chi connectivity index (χ3n) is 4.88. The second kappa shape index (κ2) is 9.68. The smallest absolute Gasteiger partial charge is 0.363 e. The van der Waals surface area contributed by atoms with E-state index in [0.717, 1.165) is 5.69 Å². The lowest BCUT2D eigenvalue weighted by molar-refractivity contribution is -0.123. The largest absolute Gasteiger partial charge is 0.493 e. The minimum absolute atomic E-state index is 0.0266. The molecule has 172 valence electrons. The molecule has 0 saturated heterocycles. The number of esters is 1. The van der Waals surface area contributed by atoms with E-state index in [1.807, 2.05) is 51.1 Å². The topological polar surface area (TPSA) is 99.5 Å². The van der Waals surface area contributed by atoms with Crippen molar-refractivity contribution in [2.24, 2.45) is 5.41 Å². The quantitative estimate of drug-likeness (QED) is 0.427. The van der Waals surface area contributed by atoms with E-state index in [2.05, 4.69) is 10.4 Å². The number of amides is 1. The van der Waals surface area contributed by atoms with Crippen LogP contribution in [0.4, 0.5) is 5.69 Å². The summed E-state index contributed by atoms with van der Waals surface area (Å²) < 4.78 is 12.1. The van der Waals surface area contributed by atoms with Gasteiger partial charge in [0, 0.05) is 16.7 Å². The number of methoxy groups -OCH3 is 1. The molecule has 1 N–H and O–H groups in total. The number of carbonyl (C=O) groups excluding carboxylic acids is 3. The van der Waals surface area contributed by atoms with Gasteiger partial charge in [-0.2, -0.15) is 5.10 Å². The molecule has 0 bridgehead atoms. The maximum Gasteiger partial charge on any atom is 0.363 e. The molecule has 0 aliphatic heterocycles. The molecule has 1 atom stereocenters. The average molecular weight is 450 g/mol. The number of anilines is 1. The summed E-state index contributed by atoms with van der Waals surface area (Å²) in [6.45, 7) is 6.94. The number of Topliss-reactive ketones (excluding diaryl/α,β-unsaturated/α-hetero) is 1. The molecular weight excluding hydrogens is 422 g/mol. The monoisotopic (exact) mass is 449 g/mol. The lowest BCUT2D eigenvalue weighted by atomic mass is 9.95. The van der Waals surface area contributed by atoms with Crippen molar-refractivity contribution < 1.29 is 23.9 Å². The molecule has 0 saturated carbocycles. The fraction of sp³-hybridized carbons (Fsp3) is 0.280. The first-order valence-corrected chi connectivity index (χ1v) is 10.5. The molecule has 1 heterocycles. The molecule has 0 spiro atoms. The van der Waals surface area contributed by atoms with E-state index in [9.17, 15) is 14.4 Å². The summed E-state index contributed by atoms with van der Waals surface area (Å²) in [6.07, 6.45) is 0.530. The van der Waals surface area contributed by atoms with Crippen LogP contribution in [0.15, 0.2) is 60.8 Å². The van der Waals surface area contributed by atoms with Gasteiger partial charge < -0.3 is 14.8 Å². The van der Waals surface area contributed by atoms with E-state index in [-0.39, 0.29) is 23.1 Å². The average Bonchev–Trinajstić information content (AvgIpc) is 3.24. The van der Waals surface area contributed by atoms with Crippen molar-refractivity contribution in [3.63, 3.8) is 0 Å². The third-order valence-corrected chi connectivity index (χ3v) is 4.88. The van der Waals surface area contributed by atoms with Gasteiger partial charge in [-0.15, -0.1) is 0 Å². The molecule has 0 aliphatic rings. The number of benzene rings is 2. The third kappa shape index (κ3) is 5.65. The van der Waals surface area contributed by atoms with E-state index in [0.29, 0.717) is 11.3 Å². The Kier molecular flexibility index (Phi) is 6.96. The predicted octanol–water partition coefficient (Wildman–Crippen LogP) is 4.29. The van der Waals surface area contributed by atoms with Gasteiger partial charge >= 0.3 is 5.97 Å². The van der Waals surface area contributed by atoms with E-state index >= 15 is 0 Å². The van der Waals surface area contributed by atoms with Gasteiger partial charge in [0.05, 0.1) is 19.0 Å². The Hall–Kier alpha value is -3.94. The molecule has 8 nitrogen and oxygen atoms in total. The first-order valence-electron chi connectivity index (χ1n) is 10.5. The lowest BCUT2D eigenvalue weighted by Crippen LogP contribution is -2.27. The van der Waals surface area contributed by atoms with Gasteiger partial charge in [0.15, 0.2) is 11.9 Å². The number of carbonyl (C=O) groups is 3. The van der Waals surface area contributed by atoms with Crippen LogP contribution in [0.3, 0.4) is 0 Å². The highest BCUT2D eigenvalue weighted by Crippen LogP contribution is 2.22. The first kappa shape index (κ1) is 23.7. The Morgan fingerprint density at radius 2 is 1.64 bits per heavy atom. The van der Waals surface area contributed by atoms with Crippen LogP contribution in [0.5, 0.6) is 5.75 Å². The second-order valence-corrected chi connectivity index (χ2v) is 8.52. The van der Waals surface area contributed by atoms with Gasteiger partial charge in [-0.05, 0) is 43.3 Å². The zero-order chi connectivity index (χ0) is 24.2. The number of para-hydroxylation sites is 1. The minimum Gasteiger partial charge on any atom is -0.493 e. The molecule has 3 rings (SSSR count). The molecule has 8 heteroatoms. The Labute approximate surface area is 192 Å². The second-order valence-electron chi connectivity index (χ2n) is 8.52. The number of ether oxygens (including phenoxy) is 2. The fourth-order valence-electron chi connectivity index (χ4n) is 2.90. The summed E-state index contributed by atoms with van der Waals surface area (Å²) in [7, 11) is 1.43. The number of aromatic nitrogens is 2. The Morgan fingerprint density at radius 3 is 2.21 bits per heavy atom. The molecule has 3 aromatic rings. The highest BCUT2D eigenvalue weighted by Gasteiger charge is 2.26. The van der Waals surface area contributed by atoms with Gasteiger partial charge in [0.1, 0.15) is 0 Å². The maximum absolute atomic E-state index is 12.8. The summed E-state index contributed by atoms with van der Waals surface area (Å²) in [5.74, 6) is -1.04. The van der Waals surface area contributed by atoms with Crippen molar-refractivity contribution in [1.29, 1.82) is 0 Å². The SMILES string of the molecule is COc1cn(-c2ccccc2)nc1C(=O)OC(C)C(=O)c1ccc(NC(=O)C(C)(C)C)cc1. The van der Waals surface area contributed by atoms with Crippen LogP contribution >= 0.6 is 0 Å². The van der Waals surface area contributed by atoms with E-state index < -0.39 is 17.5 Å². The van der Waals surface area contributed by atoms with E-state index in [1.165, 1.54) is 18.7 Å². The van der Waals surface area contributed by atoms with Crippen molar-refractivity contribution in [2.75, 3.05) is 12.4 Å². The molecule has 0 aliphatic carbocycles. The Balaban J connectivity index is 1.69. The van der Waals surface area contributed by atoms with Crippen molar-refractivity contribution in [3.8, 4) is 11.4 Å².